The number of aromatic nitrogens is 1. The number of carboxylic acids is 2. The van der Waals surface area contributed by atoms with Gasteiger partial charge in [-0.2, -0.15) is 8.42 Å². The largest absolute Gasteiger partial charge is 0.473 e. The predicted molar refractivity (Wildman–Crippen MR) is 140 cm³/mol. The van der Waals surface area contributed by atoms with E-state index in [9.17, 15) is 16.8 Å². The average molecular weight is 567 g/mol. The Balaban J connectivity index is 0.000000599. The maximum atomic E-state index is 13.0. The van der Waals surface area contributed by atoms with E-state index >= 15 is 0 Å². The molecule has 0 aliphatic carbocycles. The van der Waals surface area contributed by atoms with Crippen LogP contribution in [0.4, 0.5) is 0 Å². The molecule has 2 N–H and O–H groups in total. The summed E-state index contributed by atoms with van der Waals surface area (Å²) in [6, 6.07) is 12.7. The molecule has 4 rings (SSSR count). The van der Waals surface area contributed by atoms with Gasteiger partial charge in [0.15, 0.2) is 0 Å². The molecular weight excluding hydrogens is 536 g/mol. The Morgan fingerprint density at radius 2 is 1.53 bits per heavy atom. The van der Waals surface area contributed by atoms with Crippen molar-refractivity contribution < 1.29 is 40.8 Å². The van der Waals surface area contributed by atoms with Crippen molar-refractivity contribution in [2.24, 2.45) is 0 Å². The number of likely N-dealkylation sites (tertiary alicyclic amines) is 1. The molecule has 0 bridgehead atoms. The van der Waals surface area contributed by atoms with Crippen LogP contribution >= 0.6 is 0 Å². The quantitative estimate of drug-likeness (QED) is 0.335. The van der Waals surface area contributed by atoms with Crippen LogP contribution < -0.4 is 4.18 Å². The van der Waals surface area contributed by atoms with E-state index in [0.717, 1.165) is 31.5 Å². The van der Waals surface area contributed by atoms with E-state index in [0.29, 0.717) is 10.9 Å². The molecule has 206 valence electrons. The van der Waals surface area contributed by atoms with Crippen molar-refractivity contribution in [3.63, 3.8) is 0 Å². The van der Waals surface area contributed by atoms with Crippen LogP contribution in [-0.4, -0.2) is 73.2 Å². The second-order valence-corrected chi connectivity index (χ2v) is 13.1. The molecule has 13 heteroatoms. The minimum absolute atomic E-state index is 0.0654. The molecule has 0 unspecified atom stereocenters. The number of hydrogen-bond donors (Lipinski definition) is 2. The molecule has 1 aliphatic heterocycles. The predicted octanol–water partition coefficient (Wildman–Crippen LogP) is 2.96. The molecule has 1 fully saturated rings. The molecule has 2 heterocycles. The third kappa shape index (κ3) is 6.52. The number of hydrogen-bond acceptors (Lipinski definition) is 8. The first-order valence-electron chi connectivity index (χ1n) is 11.8. The van der Waals surface area contributed by atoms with Gasteiger partial charge in [0.1, 0.15) is 10.6 Å². The van der Waals surface area contributed by atoms with E-state index in [2.05, 4.69) is 11.9 Å². The van der Waals surface area contributed by atoms with Gasteiger partial charge in [-0.25, -0.2) is 22.0 Å². The third-order valence-electron chi connectivity index (χ3n) is 6.22. The van der Waals surface area contributed by atoms with E-state index < -0.39 is 37.3 Å². The van der Waals surface area contributed by atoms with E-state index in [4.69, 9.17) is 24.0 Å². The van der Waals surface area contributed by atoms with Crippen LogP contribution in [-0.2, 0) is 29.7 Å². The Kier molecular flexibility index (Phi) is 8.85. The van der Waals surface area contributed by atoms with Gasteiger partial charge in [-0.3, -0.25) is 0 Å². The molecule has 1 saturated heterocycles. The maximum Gasteiger partial charge on any atom is 0.414 e. The molecule has 0 radical (unpaired) electrons. The highest BCUT2D eigenvalue weighted by atomic mass is 32.2. The topological polar surface area (TPSA) is 160 Å². The Morgan fingerprint density at radius 3 is 2.05 bits per heavy atom. The number of rotatable bonds is 6. The van der Waals surface area contributed by atoms with Crippen LogP contribution in [0.5, 0.6) is 5.75 Å². The van der Waals surface area contributed by atoms with Gasteiger partial charge >= 0.3 is 22.1 Å². The van der Waals surface area contributed by atoms with Crippen LogP contribution in [0.3, 0.4) is 0 Å². The molecule has 2 aromatic carbocycles. The number of nitrogens with zero attached hydrogens (tertiary/aromatic N) is 2. The van der Waals surface area contributed by atoms with Crippen molar-refractivity contribution in [1.29, 1.82) is 0 Å². The highest BCUT2D eigenvalue weighted by Crippen LogP contribution is 2.37. The van der Waals surface area contributed by atoms with Crippen LogP contribution in [0.1, 0.15) is 38.2 Å². The Bertz CT molecular complexity index is 1510. The Morgan fingerprint density at radius 1 is 0.947 bits per heavy atom. The molecule has 0 amide bonds. The summed E-state index contributed by atoms with van der Waals surface area (Å²) in [7, 11) is -5.50. The zero-order chi connectivity index (χ0) is 28.3. The first-order valence-corrected chi connectivity index (χ1v) is 14.7. The fourth-order valence-electron chi connectivity index (χ4n) is 4.10. The standard InChI is InChI=1S/C23H28N2O5S2.C2H2O4/c1-17(2)31(26,27)25-16-22(18-11-13-24(3)14-12-18)21-15-19(9-10-23(21)25)30-32(28,29)20-7-5-4-6-8-20;3-1(4)2(5)6/h4-10,15-18H,11-14H2,1-3H3;(H,3,4)(H,5,6). The SMILES string of the molecule is CC(C)S(=O)(=O)n1cc(C2CCN(C)CC2)c2cc(OS(=O)(=O)c3ccccc3)ccc21.O=C(O)C(=O)O. The lowest BCUT2D eigenvalue weighted by Crippen LogP contribution is -2.29. The third-order valence-corrected chi connectivity index (χ3v) is 9.53. The van der Waals surface area contributed by atoms with Gasteiger partial charge in [0.05, 0.1) is 10.8 Å². The van der Waals surface area contributed by atoms with Crippen molar-refractivity contribution in [3.05, 3.63) is 60.3 Å². The average Bonchev–Trinajstić information content (AvgIpc) is 3.24. The van der Waals surface area contributed by atoms with Gasteiger partial charge in [0.2, 0.25) is 10.0 Å². The molecular formula is C25H30N2O9S2. The normalized spacial score (nSPS) is 15.2. The molecule has 11 nitrogen and oxygen atoms in total. The summed E-state index contributed by atoms with van der Waals surface area (Å²) >= 11 is 0. The van der Waals surface area contributed by atoms with Gasteiger partial charge in [-0.1, -0.05) is 18.2 Å². The summed E-state index contributed by atoms with van der Waals surface area (Å²) < 4.78 is 58.2. The smallest absolute Gasteiger partial charge is 0.414 e. The van der Waals surface area contributed by atoms with Crippen molar-refractivity contribution in [2.75, 3.05) is 20.1 Å². The van der Waals surface area contributed by atoms with E-state index in [1.165, 1.54) is 22.2 Å². The van der Waals surface area contributed by atoms with Crippen molar-refractivity contribution >= 4 is 43.0 Å². The van der Waals surface area contributed by atoms with Crippen LogP contribution in [0.15, 0.2) is 59.6 Å². The zero-order valence-electron chi connectivity index (χ0n) is 21.1. The van der Waals surface area contributed by atoms with Crippen LogP contribution in [0.25, 0.3) is 10.9 Å². The molecule has 1 aromatic heterocycles. The molecule has 38 heavy (non-hydrogen) atoms. The van der Waals surface area contributed by atoms with E-state index in [1.54, 1.807) is 50.4 Å². The van der Waals surface area contributed by atoms with Gasteiger partial charge in [0, 0.05) is 11.6 Å². The van der Waals surface area contributed by atoms with Crippen molar-refractivity contribution in [3.8, 4) is 5.75 Å². The molecule has 3 aromatic rings. The van der Waals surface area contributed by atoms with Gasteiger partial charge in [-0.05, 0) is 88.6 Å². The summed E-state index contributed by atoms with van der Waals surface area (Å²) in [5.41, 5.74) is 1.46. The van der Waals surface area contributed by atoms with Gasteiger partial charge in [0.25, 0.3) is 0 Å². The number of fused-ring (bicyclic) bond motifs is 1. The fourth-order valence-corrected chi connectivity index (χ4v) is 6.19. The molecule has 0 atom stereocenters. The fraction of sp³-hybridized carbons (Fsp3) is 0.360. The number of carboxylic acid groups (broad SMARTS) is 2. The van der Waals surface area contributed by atoms with E-state index in [1.807, 2.05) is 0 Å². The summed E-state index contributed by atoms with van der Waals surface area (Å²) in [5, 5.41) is 14.9. The molecule has 0 saturated carbocycles. The zero-order valence-corrected chi connectivity index (χ0v) is 22.8. The van der Waals surface area contributed by atoms with Gasteiger partial charge < -0.3 is 19.3 Å². The lowest BCUT2D eigenvalue weighted by molar-refractivity contribution is -0.159. The Labute approximate surface area is 221 Å². The molecule has 1 aliphatic rings. The van der Waals surface area contributed by atoms with Gasteiger partial charge in [-0.15, -0.1) is 0 Å². The van der Waals surface area contributed by atoms with E-state index in [-0.39, 0.29) is 16.6 Å². The number of carbonyl (C=O) groups is 2. The summed E-state index contributed by atoms with van der Waals surface area (Å²) in [6.07, 6.45) is 3.53. The lowest BCUT2D eigenvalue weighted by Gasteiger charge is -2.28. The first kappa shape index (κ1) is 29.1. The summed E-state index contributed by atoms with van der Waals surface area (Å²) in [4.78, 5) is 20.5. The first-order chi connectivity index (χ1) is 17.7. The highest BCUT2D eigenvalue weighted by molar-refractivity contribution is 7.90. The minimum Gasteiger partial charge on any atom is -0.473 e. The molecule has 0 spiro atoms. The van der Waals surface area contributed by atoms with Crippen molar-refractivity contribution in [1.82, 2.24) is 8.87 Å². The minimum atomic E-state index is -3.99. The number of benzene rings is 2. The maximum absolute atomic E-state index is 13.0. The summed E-state index contributed by atoms with van der Waals surface area (Å²) in [5.74, 6) is -3.29. The second kappa shape index (κ2) is 11.5. The van der Waals surface area contributed by atoms with Crippen molar-refractivity contribution in [2.45, 2.75) is 42.8 Å². The number of piperidine rings is 1. The monoisotopic (exact) mass is 566 g/mol. The lowest BCUT2D eigenvalue weighted by atomic mass is 9.89. The van der Waals surface area contributed by atoms with Crippen LogP contribution in [0, 0.1) is 0 Å². The highest BCUT2D eigenvalue weighted by Gasteiger charge is 2.28. The Hall–Kier alpha value is -3.42. The second-order valence-electron chi connectivity index (χ2n) is 9.19. The number of aliphatic carboxylic acids is 2. The van der Waals surface area contributed by atoms with Crippen LogP contribution in [0.2, 0.25) is 0 Å². The summed E-state index contributed by atoms with van der Waals surface area (Å²) in [6.45, 7) is 5.15.